The molecule has 0 unspecified atom stereocenters. The van der Waals surface area contributed by atoms with Gasteiger partial charge in [-0.25, -0.2) is 0 Å². The summed E-state index contributed by atoms with van der Waals surface area (Å²) in [6.45, 7) is 8.50. The Bertz CT molecular complexity index is 1630. The van der Waals surface area contributed by atoms with E-state index in [1.807, 2.05) is 0 Å². The number of furan rings is 2. The quantitative estimate of drug-likeness (QED) is 0.282. The molecule has 0 aliphatic heterocycles. The third-order valence-corrected chi connectivity index (χ3v) is 6.03. The molecule has 4 aromatic carbocycles. The van der Waals surface area contributed by atoms with Crippen LogP contribution in [0.5, 0.6) is 0 Å². The second-order valence-corrected chi connectivity index (χ2v) is 8.58. The van der Waals surface area contributed by atoms with E-state index < -0.39 is 0 Å². The van der Waals surface area contributed by atoms with Gasteiger partial charge in [-0.15, -0.1) is 0 Å². The van der Waals surface area contributed by atoms with Gasteiger partial charge in [0.05, 0.1) is 0 Å². The summed E-state index contributed by atoms with van der Waals surface area (Å²) in [7, 11) is 0. The van der Waals surface area contributed by atoms with Gasteiger partial charge < -0.3 is 8.83 Å². The van der Waals surface area contributed by atoms with E-state index >= 15 is 0 Å². The van der Waals surface area contributed by atoms with E-state index in [2.05, 4.69) is 88.4 Å². The van der Waals surface area contributed by atoms with Crippen LogP contribution in [0.15, 0.2) is 69.5 Å². The molecule has 2 aromatic heterocycles. The highest BCUT2D eigenvalue weighted by Gasteiger charge is 2.19. The highest BCUT2D eigenvalue weighted by molar-refractivity contribution is 6.17. The maximum atomic E-state index is 6.41. The van der Waals surface area contributed by atoms with Crippen molar-refractivity contribution in [1.82, 2.24) is 0 Å². The van der Waals surface area contributed by atoms with Gasteiger partial charge in [-0.05, 0) is 86.3 Å². The third-order valence-electron chi connectivity index (χ3n) is 6.03. The minimum atomic E-state index is 0.923. The minimum Gasteiger partial charge on any atom is -0.456 e. The molecule has 6 rings (SSSR count). The second-order valence-electron chi connectivity index (χ2n) is 8.58. The summed E-state index contributed by atoms with van der Waals surface area (Å²) in [5.74, 6) is 0. The van der Waals surface area contributed by atoms with Crippen LogP contribution in [-0.2, 0) is 0 Å². The Morgan fingerprint density at radius 2 is 1.13 bits per heavy atom. The van der Waals surface area contributed by atoms with E-state index in [1.165, 1.54) is 33.0 Å². The largest absolute Gasteiger partial charge is 0.456 e. The predicted octanol–water partition coefficient (Wildman–Crippen LogP) is 8.39. The number of hydrogen-bond donors (Lipinski definition) is 0. The van der Waals surface area contributed by atoms with Crippen LogP contribution in [0.2, 0.25) is 0 Å². The normalized spacial score (nSPS) is 12.0. The molecule has 2 nitrogen and oxygen atoms in total. The fourth-order valence-corrected chi connectivity index (χ4v) is 4.70. The highest BCUT2D eigenvalue weighted by atomic mass is 16.3. The molecule has 2 heteroatoms. The van der Waals surface area contributed by atoms with Gasteiger partial charge in [0, 0.05) is 27.1 Å². The Morgan fingerprint density at radius 3 is 2.00 bits per heavy atom. The zero-order chi connectivity index (χ0) is 20.6. The number of aryl methyl sites for hydroxylation is 4. The van der Waals surface area contributed by atoms with Crippen LogP contribution in [0.3, 0.4) is 0 Å². The molecule has 0 bridgehead atoms. The van der Waals surface area contributed by atoms with Crippen LogP contribution in [0.25, 0.3) is 55.0 Å². The molecule has 0 aliphatic rings. The standard InChI is InChI=1S/C28H22O2/c1-15-6-8-24-20(9-15)22-11-17(3)12-23(28(22)30-24)21-10-18(4)14-26-27(21)19-7-5-16(2)13-25(19)29-26/h5-14H,1-4H3. The first-order chi connectivity index (χ1) is 14.5. The Kier molecular flexibility index (Phi) is 3.47. The van der Waals surface area contributed by atoms with Crippen LogP contribution in [0, 0.1) is 27.7 Å². The van der Waals surface area contributed by atoms with Crippen molar-refractivity contribution >= 4 is 43.9 Å². The Hall–Kier alpha value is -3.52. The molecule has 30 heavy (non-hydrogen) atoms. The number of hydrogen-bond acceptors (Lipinski definition) is 2. The molecular weight excluding hydrogens is 368 g/mol. The van der Waals surface area contributed by atoms with Crippen LogP contribution in [0.4, 0.5) is 0 Å². The van der Waals surface area contributed by atoms with Crippen molar-refractivity contribution in [3.05, 3.63) is 82.9 Å². The van der Waals surface area contributed by atoms with Crippen molar-refractivity contribution in [1.29, 1.82) is 0 Å². The maximum absolute atomic E-state index is 6.41. The Morgan fingerprint density at radius 1 is 0.467 bits per heavy atom. The summed E-state index contributed by atoms with van der Waals surface area (Å²) < 4.78 is 12.7. The summed E-state index contributed by atoms with van der Waals surface area (Å²) in [5.41, 5.74) is 10.8. The maximum Gasteiger partial charge on any atom is 0.143 e. The van der Waals surface area contributed by atoms with Gasteiger partial charge in [0.2, 0.25) is 0 Å². The van der Waals surface area contributed by atoms with E-state index in [-0.39, 0.29) is 0 Å². The number of fused-ring (bicyclic) bond motifs is 6. The van der Waals surface area contributed by atoms with Crippen LogP contribution in [-0.4, -0.2) is 0 Å². The van der Waals surface area contributed by atoms with Gasteiger partial charge in [0.15, 0.2) is 0 Å². The summed E-state index contributed by atoms with van der Waals surface area (Å²) in [4.78, 5) is 0. The molecule has 0 spiro atoms. The lowest BCUT2D eigenvalue weighted by Crippen LogP contribution is -1.85. The average Bonchev–Trinajstić information content (AvgIpc) is 3.23. The lowest BCUT2D eigenvalue weighted by molar-refractivity contribution is 0.668. The highest BCUT2D eigenvalue weighted by Crippen LogP contribution is 2.43. The lowest BCUT2D eigenvalue weighted by Gasteiger charge is -2.08. The molecule has 0 atom stereocenters. The summed E-state index contributed by atoms with van der Waals surface area (Å²) in [6.07, 6.45) is 0. The van der Waals surface area contributed by atoms with E-state index in [9.17, 15) is 0 Å². The Balaban J connectivity index is 1.79. The smallest absolute Gasteiger partial charge is 0.143 e. The molecule has 0 radical (unpaired) electrons. The topological polar surface area (TPSA) is 26.3 Å². The summed E-state index contributed by atoms with van der Waals surface area (Å²) in [5, 5.41) is 4.64. The van der Waals surface area contributed by atoms with E-state index in [0.29, 0.717) is 0 Å². The first kappa shape index (κ1) is 17.3. The van der Waals surface area contributed by atoms with Gasteiger partial charge in [0.25, 0.3) is 0 Å². The molecule has 0 saturated heterocycles. The molecule has 0 amide bonds. The fraction of sp³-hybridized carbons (Fsp3) is 0.143. The lowest BCUT2D eigenvalue weighted by atomic mass is 9.94. The molecule has 0 fully saturated rings. The van der Waals surface area contributed by atoms with Gasteiger partial charge >= 0.3 is 0 Å². The van der Waals surface area contributed by atoms with Gasteiger partial charge in [-0.3, -0.25) is 0 Å². The molecule has 0 aliphatic carbocycles. The molecule has 0 saturated carbocycles. The van der Waals surface area contributed by atoms with Crippen LogP contribution < -0.4 is 0 Å². The fourth-order valence-electron chi connectivity index (χ4n) is 4.70. The SMILES string of the molecule is Cc1ccc2c(c1)oc1cc(C)cc(-c3cc(C)cc4c3oc3ccc(C)cc34)c12. The van der Waals surface area contributed by atoms with Crippen LogP contribution >= 0.6 is 0 Å². The van der Waals surface area contributed by atoms with E-state index in [1.54, 1.807) is 0 Å². The zero-order valence-corrected chi connectivity index (χ0v) is 17.6. The number of benzene rings is 4. The van der Waals surface area contributed by atoms with E-state index in [0.717, 1.165) is 44.2 Å². The van der Waals surface area contributed by atoms with Crippen LogP contribution in [0.1, 0.15) is 22.3 Å². The van der Waals surface area contributed by atoms with Crippen molar-refractivity contribution in [2.75, 3.05) is 0 Å². The Labute approximate surface area is 174 Å². The molecular formula is C28H22O2. The van der Waals surface area contributed by atoms with Gasteiger partial charge in [-0.2, -0.15) is 0 Å². The van der Waals surface area contributed by atoms with Crippen molar-refractivity contribution in [3.63, 3.8) is 0 Å². The average molecular weight is 390 g/mol. The molecule has 6 aromatic rings. The van der Waals surface area contributed by atoms with Crippen molar-refractivity contribution in [3.8, 4) is 11.1 Å². The van der Waals surface area contributed by atoms with Gasteiger partial charge in [-0.1, -0.05) is 29.8 Å². The number of rotatable bonds is 1. The van der Waals surface area contributed by atoms with E-state index in [4.69, 9.17) is 8.83 Å². The monoisotopic (exact) mass is 390 g/mol. The molecule has 2 heterocycles. The van der Waals surface area contributed by atoms with Crippen molar-refractivity contribution in [2.24, 2.45) is 0 Å². The van der Waals surface area contributed by atoms with Gasteiger partial charge in [0.1, 0.15) is 22.3 Å². The molecule has 0 N–H and O–H groups in total. The van der Waals surface area contributed by atoms with Crippen molar-refractivity contribution in [2.45, 2.75) is 27.7 Å². The minimum absolute atomic E-state index is 0.923. The predicted molar refractivity (Wildman–Crippen MR) is 125 cm³/mol. The first-order valence-electron chi connectivity index (χ1n) is 10.4. The summed E-state index contributed by atoms with van der Waals surface area (Å²) >= 11 is 0. The first-order valence-corrected chi connectivity index (χ1v) is 10.4. The summed E-state index contributed by atoms with van der Waals surface area (Å²) in [6, 6.07) is 21.7. The third kappa shape index (κ3) is 2.43. The second kappa shape index (κ2) is 5.99. The van der Waals surface area contributed by atoms with Crippen molar-refractivity contribution < 1.29 is 8.83 Å². The molecule has 146 valence electrons. The zero-order valence-electron chi connectivity index (χ0n) is 17.6.